The van der Waals surface area contributed by atoms with E-state index in [0.717, 1.165) is 23.3 Å². The summed E-state index contributed by atoms with van der Waals surface area (Å²) in [5.74, 6) is 0.363. The van der Waals surface area contributed by atoms with Gasteiger partial charge in [0.25, 0.3) is 0 Å². The maximum atomic E-state index is 12.3. The van der Waals surface area contributed by atoms with Gasteiger partial charge >= 0.3 is 5.97 Å². The van der Waals surface area contributed by atoms with Crippen molar-refractivity contribution in [3.05, 3.63) is 16.0 Å². The van der Waals surface area contributed by atoms with Gasteiger partial charge in [0.15, 0.2) is 0 Å². The Hall–Kier alpha value is -1.36. The smallest absolute Gasteiger partial charge is 0.341 e. The summed E-state index contributed by atoms with van der Waals surface area (Å²) in [7, 11) is 0. The summed E-state index contributed by atoms with van der Waals surface area (Å²) in [6.45, 7) is 6.15. The maximum absolute atomic E-state index is 12.3. The van der Waals surface area contributed by atoms with Gasteiger partial charge in [-0.3, -0.25) is 4.79 Å². The van der Waals surface area contributed by atoms with Crippen molar-refractivity contribution in [2.75, 3.05) is 11.9 Å². The molecule has 2 rings (SSSR count). The van der Waals surface area contributed by atoms with Crippen molar-refractivity contribution in [3.8, 4) is 0 Å². The van der Waals surface area contributed by atoms with E-state index in [1.54, 1.807) is 6.92 Å². The predicted molar refractivity (Wildman–Crippen MR) is 98.8 cm³/mol. The highest BCUT2D eigenvalue weighted by Gasteiger charge is 2.23. The van der Waals surface area contributed by atoms with Crippen LogP contribution in [0.1, 0.15) is 79.6 Å². The number of ether oxygens (including phenoxy) is 1. The van der Waals surface area contributed by atoms with E-state index in [1.807, 2.05) is 13.8 Å². The normalized spacial score (nSPS) is 15.3. The number of hydrogen-bond acceptors (Lipinski definition) is 4. The molecule has 1 saturated carbocycles. The Bertz CT molecular complexity index is 573. The molecule has 1 fully saturated rings. The third-order valence-electron chi connectivity index (χ3n) is 4.80. The standard InChI is InChI=1S/C19H29NO3S/c1-4-15-13(3)24-18(17(15)19(22)23-5-2)20-16(21)12-11-14-9-7-6-8-10-14/h14H,4-12H2,1-3H3,(H,20,21). The highest BCUT2D eigenvalue weighted by Crippen LogP contribution is 2.34. The number of nitrogens with one attached hydrogen (secondary N) is 1. The van der Waals surface area contributed by atoms with Crippen LogP contribution in [0.4, 0.5) is 5.00 Å². The van der Waals surface area contributed by atoms with E-state index in [0.29, 0.717) is 29.5 Å². The number of esters is 1. The fourth-order valence-electron chi connectivity index (χ4n) is 3.51. The van der Waals surface area contributed by atoms with Gasteiger partial charge in [-0.1, -0.05) is 39.0 Å². The third-order valence-corrected chi connectivity index (χ3v) is 5.86. The molecule has 1 aliphatic carbocycles. The quantitative estimate of drug-likeness (QED) is 0.696. The zero-order valence-corrected chi connectivity index (χ0v) is 15.9. The van der Waals surface area contributed by atoms with Crippen molar-refractivity contribution in [1.82, 2.24) is 0 Å². The van der Waals surface area contributed by atoms with Gasteiger partial charge in [0.1, 0.15) is 5.00 Å². The lowest BCUT2D eigenvalue weighted by Crippen LogP contribution is -2.16. The summed E-state index contributed by atoms with van der Waals surface area (Å²) in [6.07, 6.45) is 8.66. The molecular weight excluding hydrogens is 322 g/mol. The van der Waals surface area contributed by atoms with E-state index >= 15 is 0 Å². The second kappa shape index (κ2) is 9.21. The minimum Gasteiger partial charge on any atom is -0.462 e. The van der Waals surface area contributed by atoms with Crippen molar-refractivity contribution in [3.63, 3.8) is 0 Å². The first kappa shape index (κ1) is 19.0. The van der Waals surface area contributed by atoms with Gasteiger partial charge < -0.3 is 10.1 Å². The van der Waals surface area contributed by atoms with Crippen LogP contribution in [0, 0.1) is 12.8 Å². The number of amides is 1. The van der Waals surface area contributed by atoms with Crippen LogP contribution in [0.3, 0.4) is 0 Å². The molecule has 1 N–H and O–H groups in total. The molecule has 4 nitrogen and oxygen atoms in total. The van der Waals surface area contributed by atoms with Gasteiger partial charge in [-0.15, -0.1) is 11.3 Å². The second-order valence-electron chi connectivity index (χ2n) is 6.51. The first-order chi connectivity index (χ1) is 11.6. The van der Waals surface area contributed by atoms with E-state index < -0.39 is 0 Å². The van der Waals surface area contributed by atoms with Crippen LogP contribution in [0.15, 0.2) is 0 Å². The fraction of sp³-hybridized carbons (Fsp3) is 0.684. The summed E-state index contributed by atoms with van der Waals surface area (Å²) >= 11 is 1.48. The lowest BCUT2D eigenvalue weighted by atomic mass is 9.86. The predicted octanol–water partition coefficient (Wildman–Crippen LogP) is 5.09. The number of carbonyl (C=O) groups excluding carboxylic acids is 2. The monoisotopic (exact) mass is 351 g/mol. The summed E-state index contributed by atoms with van der Waals surface area (Å²) < 4.78 is 5.18. The van der Waals surface area contributed by atoms with Crippen molar-refractivity contribution in [2.24, 2.45) is 5.92 Å². The van der Waals surface area contributed by atoms with Gasteiger partial charge in [-0.05, 0) is 38.2 Å². The molecule has 5 heteroatoms. The molecule has 0 unspecified atom stereocenters. The third kappa shape index (κ3) is 4.82. The zero-order chi connectivity index (χ0) is 17.5. The number of aryl methyl sites for hydroxylation is 1. The van der Waals surface area contributed by atoms with E-state index in [-0.39, 0.29) is 11.9 Å². The summed E-state index contributed by atoms with van der Waals surface area (Å²) in [6, 6.07) is 0. The maximum Gasteiger partial charge on any atom is 0.341 e. The first-order valence-corrected chi connectivity index (χ1v) is 9.97. The molecule has 0 aliphatic heterocycles. The van der Waals surface area contributed by atoms with Crippen molar-refractivity contribution >= 4 is 28.2 Å². The number of rotatable bonds is 7. The van der Waals surface area contributed by atoms with E-state index in [9.17, 15) is 9.59 Å². The van der Waals surface area contributed by atoms with Crippen LogP contribution < -0.4 is 5.32 Å². The Labute approximate surface area is 149 Å². The van der Waals surface area contributed by atoms with E-state index in [4.69, 9.17) is 4.74 Å². The van der Waals surface area contributed by atoms with Gasteiger partial charge in [0.05, 0.1) is 12.2 Å². The fourth-order valence-corrected chi connectivity index (χ4v) is 4.66. The van der Waals surface area contributed by atoms with Gasteiger partial charge in [-0.2, -0.15) is 0 Å². The minimum absolute atomic E-state index is 0.00928. The summed E-state index contributed by atoms with van der Waals surface area (Å²) in [5.41, 5.74) is 1.54. The molecule has 1 aliphatic rings. The molecule has 1 heterocycles. The lowest BCUT2D eigenvalue weighted by molar-refractivity contribution is -0.116. The highest BCUT2D eigenvalue weighted by atomic mass is 32.1. The molecule has 24 heavy (non-hydrogen) atoms. The Morgan fingerprint density at radius 2 is 1.92 bits per heavy atom. The average molecular weight is 352 g/mol. The SMILES string of the molecule is CCOC(=O)c1c(NC(=O)CCC2CCCCC2)sc(C)c1CC. The molecular formula is C19H29NO3S. The van der Waals surface area contributed by atoms with Crippen LogP contribution in [0.5, 0.6) is 0 Å². The molecule has 0 radical (unpaired) electrons. The van der Waals surface area contributed by atoms with Gasteiger partial charge in [0.2, 0.25) is 5.91 Å². The largest absolute Gasteiger partial charge is 0.462 e. The zero-order valence-electron chi connectivity index (χ0n) is 15.1. The van der Waals surface area contributed by atoms with Crippen LogP contribution in [0.2, 0.25) is 0 Å². The Morgan fingerprint density at radius 3 is 2.54 bits per heavy atom. The molecule has 134 valence electrons. The minimum atomic E-state index is -0.332. The van der Waals surface area contributed by atoms with Crippen LogP contribution >= 0.6 is 11.3 Å². The van der Waals surface area contributed by atoms with E-state index in [2.05, 4.69) is 5.32 Å². The molecule has 0 atom stereocenters. The second-order valence-corrected chi connectivity index (χ2v) is 7.73. The van der Waals surface area contributed by atoms with Crippen molar-refractivity contribution in [1.29, 1.82) is 0 Å². The average Bonchev–Trinajstić information content (AvgIpc) is 2.89. The topological polar surface area (TPSA) is 55.4 Å². The molecule has 0 spiro atoms. The summed E-state index contributed by atoms with van der Waals surface area (Å²) in [4.78, 5) is 25.7. The lowest BCUT2D eigenvalue weighted by Gasteiger charge is -2.20. The number of carbonyl (C=O) groups is 2. The van der Waals surface area contributed by atoms with Crippen LogP contribution in [-0.2, 0) is 16.0 Å². The Balaban J connectivity index is 2.02. The van der Waals surface area contributed by atoms with Crippen molar-refractivity contribution in [2.45, 2.75) is 72.1 Å². The van der Waals surface area contributed by atoms with Gasteiger partial charge in [-0.25, -0.2) is 4.79 Å². The Morgan fingerprint density at radius 1 is 1.21 bits per heavy atom. The molecule has 1 amide bonds. The molecule has 0 bridgehead atoms. The number of thiophene rings is 1. The molecule has 0 aromatic carbocycles. The number of anilines is 1. The molecule has 1 aromatic rings. The summed E-state index contributed by atoms with van der Waals surface area (Å²) in [5, 5.41) is 3.61. The van der Waals surface area contributed by atoms with Crippen molar-refractivity contribution < 1.29 is 14.3 Å². The first-order valence-electron chi connectivity index (χ1n) is 9.16. The Kier molecular flexibility index (Phi) is 7.28. The van der Waals surface area contributed by atoms with Crippen LogP contribution in [-0.4, -0.2) is 18.5 Å². The van der Waals surface area contributed by atoms with Crippen LogP contribution in [0.25, 0.3) is 0 Å². The van der Waals surface area contributed by atoms with E-state index in [1.165, 1.54) is 43.4 Å². The van der Waals surface area contributed by atoms with Gasteiger partial charge in [0, 0.05) is 11.3 Å². The molecule has 0 saturated heterocycles. The molecule has 1 aromatic heterocycles. The highest BCUT2D eigenvalue weighted by molar-refractivity contribution is 7.16. The number of hydrogen-bond donors (Lipinski definition) is 1.